The fraction of sp³-hybridized carbons (Fsp3) is 0.188. The van der Waals surface area contributed by atoms with E-state index in [4.69, 9.17) is 4.74 Å². The first kappa shape index (κ1) is 15.2. The van der Waals surface area contributed by atoms with Gasteiger partial charge in [0.2, 0.25) is 5.88 Å². The summed E-state index contributed by atoms with van der Waals surface area (Å²) in [5, 5.41) is 5.61. The van der Waals surface area contributed by atoms with Crippen molar-refractivity contribution in [2.24, 2.45) is 0 Å². The lowest BCUT2D eigenvalue weighted by Gasteiger charge is -2.07. The predicted octanol–water partition coefficient (Wildman–Crippen LogP) is 3.21. The van der Waals surface area contributed by atoms with E-state index < -0.39 is 0 Å². The highest BCUT2D eigenvalue weighted by Gasteiger charge is 2.18. The van der Waals surface area contributed by atoms with Gasteiger partial charge in [-0.1, -0.05) is 0 Å². The molecule has 0 atom stereocenters. The molecule has 3 aromatic heterocycles. The summed E-state index contributed by atoms with van der Waals surface area (Å²) in [6.07, 6.45) is 3.32. The molecule has 118 valence electrons. The average molecular weight is 328 g/mol. The number of thiazole rings is 1. The second-order valence-electron chi connectivity index (χ2n) is 4.98. The number of methoxy groups -OCH3 is 1. The summed E-state index contributed by atoms with van der Waals surface area (Å²) in [6.45, 7) is 3.87. The van der Waals surface area contributed by atoms with Gasteiger partial charge in [-0.25, -0.2) is 9.97 Å². The average Bonchev–Trinajstić information content (AvgIpc) is 3.16. The summed E-state index contributed by atoms with van der Waals surface area (Å²) in [5.74, 6) is 0.331. The van der Waals surface area contributed by atoms with Gasteiger partial charge in [0.25, 0.3) is 5.91 Å². The van der Waals surface area contributed by atoms with Crippen LogP contribution in [0.4, 0.5) is 5.69 Å². The molecule has 3 heterocycles. The molecule has 23 heavy (non-hydrogen) atoms. The SMILES string of the molecule is COc1ccc(NC(=O)c2cc(C)n(-c3nccs3)c2C)cn1. The molecule has 0 aromatic carbocycles. The number of carbonyl (C=O) groups is 1. The Hall–Kier alpha value is -2.67. The number of pyridine rings is 1. The van der Waals surface area contributed by atoms with Crippen molar-refractivity contribution in [3.05, 3.63) is 52.9 Å². The first-order valence-corrected chi connectivity index (χ1v) is 7.88. The lowest BCUT2D eigenvalue weighted by atomic mass is 10.2. The lowest BCUT2D eigenvalue weighted by Crippen LogP contribution is -2.13. The van der Waals surface area contributed by atoms with E-state index in [-0.39, 0.29) is 5.91 Å². The molecule has 7 heteroatoms. The number of nitrogens with one attached hydrogen (secondary N) is 1. The minimum atomic E-state index is -0.173. The molecule has 0 fully saturated rings. The fourth-order valence-electron chi connectivity index (χ4n) is 2.39. The minimum Gasteiger partial charge on any atom is -0.481 e. The Kier molecular flexibility index (Phi) is 4.12. The highest BCUT2D eigenvalue weighted by molar-refractivity contribution is 7.12. The van der Waals surface area contributed by atoms with Crippen LogP contribution in [0.5, 0.6) is 5.88 Å². The number of hydrogen-bond acceptors (Lipinski definition) is 5. The maximum absolute atomic E-state index is 12.5. The topological polar surface area (TPSA) is 69.0 Å². The van der Waals surface area contributed by atoms with Gasteiger partial charge in [0, 0.05) is 29.0 Å². The molecule has 1 amide bonds. The summed E-state index contributed by atoms with van der Waals surface area (Å²) in [7, 11) is 1.55. The summed E-state index contributed by atoms with van der Waals surface area (Å²) in [6, 6.07) is 5.32. The van der Waals surface area contributed by atoms with Gasteiger partial charge in [-0.3, -0.25) is 9.36 Å². The van der Waals surface area contributed by atoms with Crippen LogP contribution in [0.2, 0.25) is 0 Å². The quantitative estimate of drug-likeness (QED) is 0.798. The van der Waals surface area contributed by atoms with E-state index in [9.17, 15) is 4.79 Å². The molecule has 0 bridgehead atoms. The summed E-state index contributed by atoms with van der Waals surface area (Å²) in [5.41, 5.74) is 3.07. The number of carbonyl (C=O) groups excluding carboxylic acids is 1. The van der Waals surface area contributed by atoms with E-state index in [1.807, 2.05) is 29.9 Å². The molecule has 3 rings (SSSR count). The lowest BCUT2D eigenvalue weighted by molar-refractivity contribution is 0.102. The molecular formula is C16H16N4O2S. The molecule has 0 radical (unpaired) electrons. The normalized spacial score (nSPS) is 10.6. The molecule has 0 spiro atoms. The maximum Gasteiger partial charge on any atom is 0.257 e. The molecule has 0 saturated carbocycles. The van der Waals surface area contributed by atoms with Crippen LogP contribution in [0.25, 0.3) is 5.13 Å². The molecule has 3 aromatic rings. The molecule has 0 aliphatic heterocycles. The Morgan fingerprint density at radius 1 is 1.30 bits per heavy atom. The number of nitrogens with zero attached hydrogens (tertiary/aromatic N) is 3. The van der Waals surface area contributed by atoms with Crippen LogP contribution in [0.1, 0.15) is 21.7 Å². The van der Waals surface area contributed by atoms with Gasteiger partial charge >= 0.3 is 0 Å². The zero-order chi connectivity index (χ0) is 16.4. The first-order chi connectivity index (χ1) is 11.1. The smallest absolute Gasteiger partial charge is 0.257 e. The summed E-state index contributed by atoms with van der Waals surface area (Å²) < 4.78 is 6.98. The monoisotopic (exact) mass is 328 g/mol. The van der Waals surface area contributed by atoms with E-state index in [1.54, 1.807) is 31.6 Å². The van der Waals surface area contributed by atoms with E-state index in [2.05, 4.69) is 15.3 Å². The van der Waals surface area contributed by atoms with Crippen LogP contribution >= 0.6 is 11.3 Å². The standard InChI is InChI=1S/C16H16N4O2S/c1-10-8-13(11(2)20(10)16-17-6-7-23-16)15(21)19-12-4-5-14(22-3)18-9-12/h4-9H,1-3H3,(H,19,21). The number of rotatable bonds is 4. The van der Waals surface area contributed by atoms with Crippen molar-refractivity contribution in [1.82, 2.24) is 14.5 Å². The maximum atomic E-state index is 12.5. The second-order valence-corrected chi connectivity index (χ2v) is 5.85. The Morgan fingerprint density at radius 2 is 2.13 bits per heavy atom. The van der Waals surface area contributed by atoms with Crippen LogP contribution < -0.4 is 10.1 Å². The molecule has 6 nitrogen and oxygen atoms in total. The van der Waals surface area contributed by atoms with Crippen LogP contribution in [0.15, 0.2) is 36.0 Å². The van der Waals surface area contributed by atoms with Crippen LogP contribution in [-0.2, 0) is 0 Å². The van der Waals surface area contributed by atoms with Gasteiger partial charge in [-0.15, -0.1) is 11.3 Å². The largest absolute Gasteiger partial charge is 0.481 e. The summed E-state index contributed by atoms with van der Waals surface area (Å²) in [4.78, 5) is 20.9. The Bertz CT molecular complexity index is 823. The number of aryl methyl sites for hydroxylation is 1. The predicted molar refractivity (Wildman–Crippen MR) is 89.7 cm³/mol. The summed E-state index contributed by atoms with van der Waals surface area (Å²) >= 11 is 1.53. The van der Waals surface area contributed by atoms with Crippen molar-refractivity contribution in [2.45, 2.75) is 13.8 Å². The number of anilines is 1. The number of amides is 1. The second kappa shape index (κ2) is 6.21. The van der Waals surface area contributed by atoms with Crippen LogP contribution in [0, 0.1) is 13.8 Å². The zero-order valence-electron chi connectivity index (χ0n) is 13.0. The minimum absolute atomic E-state index is 0.173. The molecule has 0 aliphatic carbocycles. The van der Waals surface area contributed by atoms with Gasteiger partial charge in [0.15, 0.2) is 5.13 Å². The Balaban J connectivity index is 1.86. The number of hydrogen-bond donors (Lipinski definition) is 1. The Morgan fingerprint density at radius 3 is 2.74 bits per heavy atom. The molecule has 0 aliphatic rings. The van der Waals surface area contributed by atoms with Gasteiger partial charge < -0.3 is 10.1 Å². The van der Waals surface area contributed by atoms with Gasteiger partial charge in [0.05, 0.1) is 24.6 Å². The third-order valence-electron chi connectivity index (χ3n) is 3.49. The van der Waals surface area contributed by atoms with Crippen molar-refractivity contribution >= 4 is 22.9 Å². The number of aromatic nitrogens is 3. The zero-order valence-corrected chi connectivity index (χ0v) is 13.8. The van der Waals surface area contributed by atoms with Crippen molar-refractivity contribution in [2.75, 3.05) is 12.4 Å². The van der Waals surface area contributed by atoms with Crippen molar-refractivity contribution < 1.29 is 9.53 Å². The first-order valence-electron chi connectivity index (χ1n) is 7.00. The number of ether oxygens (including phenoxy) is 1. The van der Waals surface area contributed by atoms with Gasteiger partial charge in [0.1, 0.15) is 0 Å². The van der Waals surface area contributed by atoms with Crippen molar-refractivity contribution in [3.63, 3.8) is 0 Å². The molecule has 0 unspecified atom stereocenters. The van der Waals surface area contributed by atoms with E-state index in [0.717, 1.165) is 16.5 Å². The van der Waals surface area contributed by atoms with Gasteiger partial charge in [-0.2, -0.15) is 0 Å². The Labute approximate surface area is 137 Å². The van der Waals surface area contributed by atoms with Crippen molar-refractivity contribution in [3.8, 4) is 11.0 Å². The van der Waals surface area contributed by atoms with Crippen molar-refractivity contribution in [1.29, 1.82) is 0 Å². The van der Waals surface area contributed by atoms with Crippen LogP contribution in [-0.4, -0.2) is 27.6 Å². The highest BCUT2D eigenvalue weighted by Crippen LogP contribution is 2.23. The molecule has 1 N–H and O–H groups in total. The highest BCUT2D eigenvalue weighted by atomic mass is 32.1. The molecule has 0 saturated heterocycles. The van der Waals surface area contributed by atoms with Gasteiger partial charge in [-0.05, 0) is 26.0 Å². The third kappa shape index (κ3) is 2.95. The van der Waals surface area contributed by atoms with E-state index >= 15 is 0 Å². The molecular weight excluding hydrogens is 312 g/mol. The third-order valence-corrected chi connectivity index (χ3v) is 4.25. The van der Waals surface area contributed by atoms with E-state index in [0.29, 0.717) is 17.1 Å². The fourth-order valence-corrected chi connectivity index (χ4v) is 3.14. The van der Waals surface area contributed by atoms with E-state index in [1.165, 1.54) is 11.3 Å². The van der Waals surface area contributed by atoms with Crippen LogP contribution in [0.3, 0.4) is 0 Å².